The predicted molar refractivity (Wildman–Crippen MR) is 114 cm³/mol. The van der Waals surface area contributed by atoms with Gasteiger partial charge < -0.3 is 25.0 Å². The van der Waals surface area contributed by atoms with Crippen LogP contribution in [0.15, 0.2) is 23.2 Å². The number of benzene rings is 1. The Hall–Kier alpha value is -1.95. The van der Waals surface area contributed by atoms with Crippen LogP contribution in [-0.4, -0.2) is 66.7 Å². The van der Waals surface area contributed by atoms with Gasteiger partial charge in [-0.15, -0.1) is 0 Å². The normalized spacial score (nSPS) is 21.1. The van der Waals surface area contributed by atoms with Crippen molar-refractivity contribution in [3.8, 4) is 11.5 Å². The van der Waals surface area contributed by atoms with Gasteiger partial charge >= 0.3 is 0 Å². The maximum atomic E-state index is 9.88. The molecule has 1 unspecified atom stereocenters. The molecular formula is C22H36N4O2. The van der Waals surface area contributed by atoms with Gasteiger partial charge in [0.05, 0.1) is 13.2 Å². The van der Waals surface area contributed by atoms with E-state index in [1.807, 2.05) is 19.1 Å². The summed E-state index contributed by atoms with van der Waals surface area (Å²) >= 11 is 0. The van der Waals surface area contributed by atoms with Gasteiger partial charge in [-0.2, -0.15) is 0 Å². The second kappa shape index (κ2) is 10.6. The van der Waals surface area contributed by atoms with Gasteiger partial charge in [0, 0.05) is 26.2 Å². The number of piperidine rings is 1. The Morgan fingerprint density at radius 3 is 2.79 bits per heavy atom. The zero-order valence-corrected chi connectivity index (χ0v) is 17.5. The van der Waals surface area contributed by atoms with Crippen molar-refractivity contribution in [2.24, 2.45) is 10.9 Å². The first-order chi connectivity index (χ1) is 13.7. The number of phenolic OH excluding ortho intramolecular Hbond substituents is 1. The average molecular weight is 389 g/mol. The largest absolute Gasteiger partial charge is 0.504 e. The van der Waals surface area contributed by atoms with Gasteiger partial charge in [0.1, 0.15) is 0 Å². The summed E-state index contributed by atoms with van der Waals surface area (Å²) in [5.41, 5.74) is 1.04. The first kappa shape index (κ1) is 20.8. The third-order valence-corrected chi connectivity index (χ3v) is 5.62. The molecule has 1 aromatic carbocycles. The molecule has 3 rings (SSSR count). The van der Waals surface area contributed by atoms with Crippen LogP contribution in [0.1, 0.15) is 45.1 Å². The minimum absolute atomic E-state index is 0.182. The summed E-state index contributed by atoms with van der Waals surface area (Å²) in [4.78, 5) is 9.91. The Morgan fingerprint density at radius 1 is 1.21 bits per heavy atom. The molecule has 0 saturated carbocycles. The van der Waals surface area contributed by atoms with Crippen LogP contribution in [0.25, 0.3) is 0 Å². The summed E-state index contributed by atoms with van der Waals surface area (Å²) in [7, 11) is 0. The number of nitrogens with zero attached hydrogens (tertiary/aromatic N) is 3. The van der Waals surface area contributed by atoms with Crippen LogP contribution in [0.2, 0.25) is 0 Å². The lowest BCUT2D eigenvalue weighted by Gasteiger charge is -2.29. The number of rotatable bonds is 7. The monoisotopic (exact) mass is 388 g/mol. The van der Waals surface area contributed by atoms with Gasteiger partial charge in [-0.25, -0.2) is 4.99 Å². The molecule has 6 nitrogen and oxygen atoms in total. The van der Waals surface area contributed by atoms with Crippen LogP contribution in [-0.2, 0) is 6.54 Å². The molecule has 6 heteroatoms. The molecule has 2 N–H and O–H groups in total. The van der Waals surface area contributed by atoms with Crippen molar-refractivity contribution in [3.05, 3.63) is 23.8 Å². The van der Waals surface area contributed by atoms with E-state index in [0.29, 0.717) is 18.9 Å². The van der Waals surface area contributed by atoms with Gasteiger partial charge in [0.2, 0.25) is 0 Å². The summed E-state index contributed by atoms with van der Waals surface area (Å²) in [5.74, 6) is 2.44. The Morgan fingerprint density at radius 2 is 2.04 bits per heavy atom. The molecule has 1 aromatic rings. The molecule has 0 spiro atoms. The minimum atomic E-state index is 0.182. The molecule has 0 amide bonds. The molecule has 0 radical (unpaired) electrons. The molecule has 28 heavy (non-hydrogen) atoms. The molecule has 0 bridgehead atoms. The molecule has 2 saturated heterocycles. The minimum Gasteiger partial charge on any atom is -0.504 e. The molecule has 2 fully saturated rings. The number of hydrogen-bond donors (Lipinski definition) is 2. The number of nitrogens with one attached hydrogen (secondary N) is 1. The summed E-state index contributed by atoms with van der Waals surface area (Å²) in [6, 6.07) is 5.48. The lowest BCUT2D eigenvalue weighted by atomic mass is 10.1. The van der Waals surface area contributed by atoms with Crippen LogP contribution in [0.3, 0.4) is 0 Å². The number of likely N-dealkylation sites (tertiary alicyclic amines) is 2. The van der Waals surface area contributed by atoms with Gasteiger partial charge in [-0.1, -0.05) is 12.5 Å². The molecule has 2 aliphatic rings. The van der Waals surface area contributed by atoms with Crippen LogP contribution < -0.4 is 10.1 Å². The number of aliphatic imine (C=N–C) groups is 1. The van der Waals surface area contributed by atoms with E-state index in [9.17, 15) is 5.11 Å². The number of ether oxygens (including phenoxy) is 1. The van der Waals surface area contributed by atoms with Crippen molar-refractivity contribution in [2.45, 2.75) is 46.1 Å². The number of phenols is 1. The maximum Gasteiger partial charge on any atom is 0.194 e. The van der Waals surface area contributed by atoms with Crippen LogP contribution >= 0.6 is 0 Å². The lowest BCUT2D eigenvalue weighted by molar-refractivity contribution is 0.198. The van der Waals surface area contributed by atoms with Crippen molar-refractivity contribution >= 4 is 5.96 Å². The van der Waals surface area contributed by atoms with E-state index in [0.717, 1.165) is 37.1 Å². The molecule has 1 atom stereocenters. The highest BCUT2D eigenvalue weighted by Crippen LogP contribution is 2.27. The van der Waals surface area contributed by atoms with Crippen LogP contribution in [0, 0.1) is 5.92 Å². The van der Waals surface area contributed by atoms with Crippen LogP contribution in [0.5, 0.6) is 11.5 Å². The highest BCUT2D eigenvalue weighted by molar-refractivity contribution is 5.80. The highest BCUT2D eigenvalue weighted by atomic mass is 16.5. The van der Waals surface area contributed by atoms with E-state index in [1.165, 1.54) is 45.3 Å². The topological polar surface area (TPSA) is 60.3 Å². The standard InChI is InChI=1S/C22H36N4O2/c1-3-23-22(24-15-18-8-9-20(27)21(14-18)28-4-2)26-13-10-19(17-26)16-25-11-6-5-7-12-25/h8-9,14,19,27H,3-7,10-13,15-17H2,1-2H3,(H,23,24). The van der Waals surface area contributed by atoms with Crippen molar-refractivity contribution in [1.82, 2.24) is 15.1 Å². The second-order valence-electron chi connectivity index (χ2n) is 7.87. The van der Waals surface area contributed by atoms with Gasteiger partial charge in [-0.05, 0) is 69.8 Å². The first-order valence-corrected chi connectivity index (χ1v) is 10.9. The fourth-order valence-electron chi connectivity index (χ4n) is 4.20. The number of aromatic hydroxyl groups is 1. The Kier molecular flexibility index (Phi) is 7.83. The highest BCUT2D eigenvalue weighted by Gasteiger charge is 2.26. The van der Waals surface area contributed by atoms with Crippen molar-refractivity contribution in [2.75, 3.05) is 45.9 Å². The smallest absolute Gasteiger partial charge is 0.194 e. The molecule has 2 heterocycles. The Labute approximate surface area is 169 Å². The molecule has 156 valence electrons. The zero-order valence-electron chi connectivity index (χ0n) is 17.5. The first-order valence-electron chi connectivity index (χ1n) is 10.9. The van der Waals surface area contributed by atoms with E-state index in [2.05, 4.69) is 22.0 Å². The Bertz CT molecular complexity index is 643. The summed E-state index contributed by atoms with van der Waals surface area (Å²) < 4.78 is 5.49. The third kappa shape index (κ3) is 5.77. The summed E-state index contributed by atoms with van der Waals surface area (Å²) in [5, 5.41) is 13.3. The zero-order chi connectivity index (χ0) is 19.8. The predicted octanol–water partition coefficient (Wildman–Crippen LogP) is 3.06. The number of hydrogen-bond acceptors (Lipinski definition) is 4. The van der Waals surface area contributed by atoms with E-state index < -0.39 is 0 Å². The number of guanidine groups is 1. The summed E-state index contributed by atoms with van der Waals surface area (Å²) in [6.45, 7) is 11.9. The fourth-order valence-corrected chi connectivity index (χ4v) is 4.20. The van der Waals surface area contributed by atoms with E-state index in [-0.39, 0.29) is 5.75 Å². The second-order valence-corrected chi connectivity index (χ2v) is 7.87. The maximum absolute atomic E-state index is 9.88. The fraction of sp³-hybridized carbons (Fsp3) is 0.682. The SMILES string of the molecule is CCNC(=NCc1ccc(O)c(OCC)c1)N1CCC(CN2CCCCC2)C1. The quantitative estimate of drug-likeness (QED) is 0.555. The summed E-state index contributed by atoms with van der Waals surface area (Å²) in [6.07, 6.45) is 5.36. The van der Waals surface area contributed by atoms with E-state index in [1.54, 1.807) is 6.07 Å². The van der Waals surface area contributed by atoms with Crippen molar-refractivity contribution in [3.63, 3.8) is 0 Å². The lowest BCUT2D eigenvalue weighted by Crippen LogP contribution is -2.41. The van der Waals surface area contributed by atoms with Crippen LogP contribution in [0.4, 0.5) is 0 Å². The molecular weight excluding hydrogens is 352 g/mol. The van der Waals surface area contributed by atoms with Gasteiger partial charge in [-0.3, -0.25) is 0 Å². The Balaban J connectivity index is 1.59. The van der Waals surface area contributed by atoms with Gasteiger partial charge in [0.15, 0.2) is 17.5 Å². The van der Waals surface area contributed by atoms with Crippen molar-refractivity contribution < 1.29 is 9.84 Å². The molecule has 0 aliphatic carbocycles. The van der Waals surface area contributed by atoms with E-state index in [4.69, 9.17) is 9.73 Å². The van der Waals surface area contributed by atoms with Crippen molar-refractivity contribution in [1.29, 1.82) is 0 Å². The third-order valence-electron chi connectivity index (χ3n) is 5.62. The molecule has 0 aromatic heterocycles. The average Bonchev–Trinajstić information content (AvgIpc) is 3.16. The van der Waals surface area contributed by atoms with E-state index >= 15 is 0 Å². The molecule has 2 aliphatic heterocycles. The van der Waals surface area contributed by atoms with Gasteiger partial charge in [0.25, 0.3) is 0 Å².